The van der Waals surface area contributed by atoms with Crippen molar-refractivity contribution in [1.29, 1.82) is 0 Å². The Bertz CT molecular complexity index is 248. The average molecular weight is 199 g/mol. The van der Waals surface area contributed by atoms with E-state index in [0.717, 1.165) is 5.69 Å². The predicted molar refractivity (Wildman–Crippen MR) is 56.9 cm³/mol. The fraction of sp³-hybridized carbons (Fsp3) is 0.375. The second-order valence-corrected chi connectivity index (χ2v) is 2.88. The van der Waals surface area contributed by atoms with Gasteiger partial charge < -0.3 is 20.4 Å². The first-order valence-electron chi connectivity index (χ1n) is 3.99. The van der Waals surface area contributed by atoms with Crippen LogP contribution in [0.1, 0.15) is 0 Å². The number of nitrogens with one attached hydrogen (secondary N) is 3. The van der Waals surface area contributed by atoms with Gasteiger partial charge in [-0.2, -0.15) is 0 Å². The number of rotatable bonds is 4. The standard InChI is InChI=1S/C8H13N3OS/c1-12-5-4-10-8(13)11-7-2-3-9-6-7/h2-3,6,9H,4-5H2,1H3,(H2,10,11,13). The Kier molecular flexibility index (Phi) is 4.28. The Hall–Kier alpha value is -1.07. The predicted octanol–water partition coefficient (Wildman–Crippen LogP) is 0.947. The fourth-order valence-electron chi connectivity index (χ4n) is 0.844. The van der Waals surface area contributed by atoms with E-state index in [2.05, 4.69) is 15.6 Å². The molecule has 5 heteroatoms. The van der Waals surface area contributed by atoms with Crippen LogP contribution in [0.4, 0.5) is 5.69 Å². The maximum atomic E-state index is 5.02. The molecule has 0 aliphatic heterocycles. The molecule has 1 aromatic rings. The summed E-state index contributed by atoms with van der Waals surface area (Å²) < 4.78 is 4.87. The zero-order chi connectivity index (χ0) is 9.52. The lowest BCUT2D eigenvalue weighted by Gasteiger charge is -2.07. The molecule has 0 unspecified atom stereocenters. The maximum Gasteiger partial charge on any atom is 0.170 e. The third kappa shape index (κ3) is 3.91. The molecule has 72 valence electrons. The smallest absolute Gasteiger partial charge is 0.170 e. The molecule has 0 saturated carbocycles. The van der Waals surface area contributed by atoms with Crippen LogP contribution in [0, 0.1) is 0 Å². The molecule has 0 fully saturated rings. The summed E-state index contributed by atoms with van der Waals surface area (Å²) in [6.45, 7) is 1.36. The van der Waals surface area contributed by atoms with Gasteiger partial charge in [-0.1, -0.05) is 0 Å². The highest BCUT2D eigenvalue weighted by atomic mass is 32.1. The molecule has 0 aliphatic rings. The molecule has 0 aliphatic carbocycles. The lowest BCUT2D eigenvalue weighted by molar-refractivity contribution is 0.204. The molecule has 0 saturated heterocycles. The number of hydrogen-bond donors (Lipinski definition) is 3. The Balaban J connectivity index is 2.18. The summed E-state index contributed by atoms with van der Waals surface area (Å²) in [4.78, 5) is 2.93. The first-order valence-corrected chi connectivity index (χ1v) is 4.40. The van der Waals surface area contributed by atoms with Gasteiger partial charge in [0, 0.05) is 26.0 Å². The molecule has 0 radical (unpaired) electrons. The monoisotopic (exact) mass is 199 g/mol. The van der Waals surface area contributed by atoms with E-state index in [4.69, 9.17) is 17.0 Å². The second kappa shape index (κ2) is 5.55. The minimum atomic E-state index is 0.608. The van der Waals surface area contributed by atoms with Crippen LogP contribution in [0.2, 0.25) is 0 Å². The van der Waals surface area contributed by atoms with Gasteiger partial charge in [0.1, 0.15) is 0 Å². The normalized spacial score (nSPS) is 9.62. The highest BCUT2D eigenvalue weighted by molar-refractivity contribution is 7.80. The molecule has 0 spiro atoms. The molecule has 13 heavy (non-hydrogen) atoms. The van der Waals surface area contributed by atoms with Crippen LogP contribution < -0.4 is 10.6 Å². The van der Waals surface area contributed by atoms with Gasteiger partial charge in [-0.25, -0.2) is 0 Å². The molecule has 0 bridgehead atoms. The average Bonchev–Trinajstić information content (AvgIpc) is 2.57. The van der Waals surface area contributed by atoms with Gasteiger partial charge in [-0.05, 0) is 18.3 Å². The summed E-state index contributed by atoms with van der Waals surface area (Å²) in [7, 11) is 1.66. The van der Waals surface area contributed by atoms with Crippen molar-refractivity contribution in [3.05, 3.63) is 18.5 Å². The van der Waals surface area contributed by atoms with Gasteiger partial charge >= 0.3 is 0 Å². The third-order valence-electron chi connectivity index (χ3n) is 1.45. The van der Waals surface area contributed by atoms with E-state index in [0.29, 0.717) is 18.3 Å². The lowest BCUT2D eigenvalue weighted by Crippen LogP contribution is -2.30. The van der Waals surface area contributed by atoms with Crippen LogP contribution in [0.3, 0.4) is 0 Å². The number of hydrogen-bond acceptors (Lipinski definition) is 2. The summed E-state index contributed by atoms with van der Waals surface area (Å²) >= 11 is 5.02. The topological polar surface area (TPSA) is 49.1 Å². The zero-order valence-electron chi connectivity index (χ0n) is 7.46. The van der Waals surface area contributed by atoms with Crippen LogP contribution in [0.15, 0.2) is 18.5 Å². The fourth-order valence-corrected chi connectivity index (χ4v) is 1.06. The van der Waals surface area contributed by atoms with Crippen molar-refractivity contribution in [1.82, 2.24) is 10.3 Å². The number of ether oxygens (including phenoxy) is 1. The quantitative estimate of drug-likeness (QED) is 0.499. The van der Waals surface area contributed by atoms with Crippen LogP contribution in [-0.2, 0) is 4.74 Å². The van der Waals surface area contributed by atoms with Crippen molar-refractivity contribution in [2.24, 2.45) is 0 Å². The van der Waals surface area contributed by atoms with Crippen LogP contribution >= 0.6 is 12.2 Å². The molecule has 4 nitrogen and oxygen atoms in total. The Morgan fingerprint density at radius 1 is 1.69 bits per heavy atom. The number of aromatic nitrogens is 1. The SMILES string of the molecule is COCCNC(=S)Nc1cc[nH]c1. The first-order chi connectivity index (χ1) is 6.33. The number of aromatic amines is 1. The molecular weight excluding hydrogens is 186 g/mol. The van der Waals surface area contributed by atoms with Crippen molar-refractivity contribution in [3.63, 3.8) is 0 Å². The minimum absolute atomic E-state index is 0.608. The minimum Gasteiger partial charge on any atom is -0.383 e. The van der Waals surface area contributed by atoms with Gasteiger partial charge in [0.2, 0.25) is 0 Å². The van der Waals surface area contributed by atoms with E-state index >= 15 is 0 Å². The van der Waals surface area contributed by atoms with Crippen LogP contribution in [-0.4, -0.2) is 30.4 Å². The van der Waals surface area contributed by atoms with Gasteiger partial charge in [-0.3, -0.25) is 0 Å². The van der Waals surface area contributed by atoms with Gasteiger partial charge in [0.25, 0.3) is 0 Å². The van der Waals surface area contributed by atoms with Crippen LogP contribution in [0.25, 0.3) is 0 Å². The van der Waals surface area contributed by atoms with E-state index < -0.39 is 0 Å². The first kappa shape index (κ1) is 10.0. The molecule has 1 aromatic heterocycles. The molecule has 1 rings (SSSR count). The number of methoxy groups -OCH3 is 1. The van der Waals surface area contributed by atoms with E-state index in [1.807, 2.05) is 18.5 Å². The van der Waals surface area contributed by atoms with Crippen molar-refractivity contribution in [3.8, 4) is 0 Å². The largest absolute Gasteiger partial charge is 0.383 e. The van der Waals surface area contributed by atoms with Gasteiger partial charge in [0.05, 0.1) is 12.3 Å². The summed E-state index contributed by atoms with van der Waals surface area (Å²) in [5.41, 5.74) is 0.954. The van der Waals surface area contributed by atoms with Crippen molar-refractivity contribution >= 4 is 23.0 Å². The second-order valence-electron chi connectivity index (χ2n) is 2.47. The highest BCUT2D eigenvalue weighted by Crippen LogP contribution is 2.02. The Labute approximate surface area is 82.7 Å². The summed E-state index contributed by atoms with van der Waals surface area (Å²) in [5, 5.41) is 6.63. The number of H-pyrrole nitrogens is 1. The van der Waals surface area contributed by atoms with Crippen molar-refractivity contribution in [2.45, 2.75) is 0 Å². The van der Waals surface area contributed by atoms with Gasteiger partial charge in [0.15, 0.2) is 5.11 Å². The van der Waals surface area contributed by atoms with Crippen molar-refractivity contribution in [2.75, 3.05) is 25.6 Å². The lowest BCUT2D eigenvalue weighted by atomic mass is 10.5. The summed E-state index contributed by atoms with van der Waals surface area (Å²) in [5.74, 6) is 0. The third-order valence-corrected chi connectivity index (χ3v) is 1.69. The molecule has 3 N–H and O–H groups in total. The molecule has 0 atom stereocenters. The number of anilines is 1. The summed E-state index contributed by atoms with van der Waals surface area (Å²) in [6, 6.07) is 1.91. The highest BCUT2D eigenvalue weighted by Gasteiger charge is 1.95. The molecule has 1 heterocycles. The Morgan fingerprint density at radius 2 is 2.54 bits per heavy atom. The molecule has 0 aromatic carbocycles. The molecular formula is C8H13N3OS. The van der Waals surface area contributed by atoms with E-state index in [9.17, 15) is 0 Å². The number of thiocarbonyl (C=S) groups is 1. The van der Waals surface area contributed by atoms with E-state index in [1.54, 1.807) is 7.11 Å². The summed E-state index contributed by atoms with van der Waals surface area (Å²) in [6.07, 6.45) is 3.67. The Morgan fingerprint density at radius 3 is 3.15 bits per heavy atom. The maximum absolute atomic E-state index is 5.02. The zero-order valence-corrected chi connectivity index (χ0v) is 8.28. The molecule has 0 amide bonds. The van der Waals surface area contributed by atoms with Gasteiger partial charge in [-0.15, -0.1) is 0 Å². The van der Waals surface area contributed by atoms with E-state index in [1.165, 1.54) is 0 Å². The van der Waals surface area contributed by atoms with Crippen molar-refractivity contribution < 1.29 is 4.74 Å². The van der Waals surface area contributed by atoms with E-state index in [-0.39, 0.29) is 0 Å². The van der Waals surface area contributed by atoms with Crippen LogP contribution in [0.5, 0.6) is 0 Å².